The molecule has 110 valence electrons. The van der Waals surface area contributed by atoms with Crippen molar-refractivity contribution in [2.45, 2.75) is 20.3 Å². The average molecular weight is 325 g/mol. The lowest BCUT2D eigenvalue weighted by molar-refractivity contribution is -0.136. The van der Waals surface area contributed by atoms with Crippen molar-refractivity contribution in [1.29, 1.82) is 0 Å². The van der Waals surface area contributed by atoms with E-state index in [2.05, 4.69) is 0 Å². The summed E-state index contributed by atoms with van der Waals surface area (Å²) in [6.45, 7) is 3.78. The second-order valence-electron chi connectivity index (χ2n) is 4.80. The number of carbonyl (C=O) groups is 1. The minimum absolute atomic E-state index is 0.151. The molecule has 0 aliphatic rings. The summed E-state index contributed by atoms with van der Waals surface area (Å²) in [5, 5.41) is 10.1. The molecular weight excluding hydrogens is 311 g/mol. The second kappa shape index (κ2) is 6.37. The summed E-state index contributed by atoms with van der Waals surface area (Å²) in [6, 6.07) is 8.56. The molecule has 2 aromatic carbocycles. The first-order chi connectivity index (χ1) is 9.86. The highest BCUT2D eigenvalue weighted by molar-refractivity contribution is 6.32. The molecule has 0 heterocycles. The molecule has 0 aliphatic heterocycles. The molecule has 0 aliphatic carbocycles. The zero-order valence-electron chi connectivity index (χ0n) is 11.6. The Hall–Kier alpha value is -1.71. The molecular formula is C16H14Cl2O3. The molecule has 0 bridgehead atoms. The van der Waals surface area contributed by atoms with Crippen molar-refractivity contribution >= 4 is 29.2 Å². The molecule has 0 unspecified atom stereocenters. The molecule has 0 radical (unpaired) electrons. The summed E-state index contributed by atoms with van der Waals surface area (Å²) in [5.41, 5.74) is 2.33. The highest BCUT2D eigenvalue weighted by Gasteiger charge is 2.11. The van der Waals surface area contributed by atoms with Gasteiger partial charge in [-0.25, -0.2) is 0 Å². The van der Waals surface area contributed by atoms with Gasteiger partial charge in [0.1, 0.15) is 11.5 Å². The van der Waals surface area contributed by atoms with Gasteiger partial charge in [0.15, 0.2) is 0 Å². The van der Waals surface area contributed by atoms with Crippen LogP contribution in [0.1, 0.15) is 16.7 Å². The minimum atomic E-state index is -0.939. The van der Waals surface area contributed by atoms with Crippen molar-refractivity contribution in [3.63, 3.8) is 0 Å². The molecule has 0 spiro atoms. The third kappa shape index (κ3) is 3.90. The topological polar surface area (TPSA) is 46.5 Å². The maximum atomic E-state index is 10.9. The lowest BCUT2D eigenvalue weighted by atomic mass is 10.1. The summed E-state index contributed by atoms with van der Waals surface area (Å²) in [6.07, 6.45) is -0.151. The fourth-order valence-electron chi connectivity index (χ4n) is 2.04. The van der Waals surface area contributed by atoms with Gasteiger partial charge in [0, 0.05) is 15.6 Å². The molecule has 0 atom stereocenters. The van der Waals surface area contributed by atoms with E-state index in [1.54, 1.807) is 18.2 Å². The Morgan fingerprint density at radius 2 is 1.76 bits per heavy atom. The standard InChI is InChI=1S/C16H14Cl2O3/c1-9-5-13(6-10(2)16(9)18)21-14-4-3-12(17)7-11(14)8-15(19)20/h3-7H,8H2,1-2H3,(H,19,20). The lowest BCUT2D eigenvalue weighted by Gasteiger charge is -2.13. The third-order valence-corrected chi connectivity index (χ3v) is 3.83. The Kier molecular flexibility index (Phi) is 4.76. The van der Waals surface area contributed by atoms with E-state index in [9.17, 15) is 4.79 Å². The normalized spacial score (nSPS) is 10.5. The maximum absolute atomic E-state index is 10.9. The largest absolute Gasteiger partial charge is 0.481 e. The van der Waals surface area contributed by atoms with Crippen LogP contribution in [0.5, 0.6) is 11.5 Å². The Morgan fingerprint density at radius 3 is 2.33 bits per heavy atom. The number of aryl methyl sites for hydroxylation is 2. The van der Waals surface area contributed by atoms with Crippen LogP contribution in [-0.2, 0) is 11.2 Å². The molecule has 0 amide bonds. The number of benzene rings is 2. The van der Waals surface area contributed by atoms with Crippen LogP contribution in [0, 0.1) is 13.8 Å². The zero-order chi connectivity index (χ0) is 15.6. The van der Waals surface area contributed by atoms with Gasteiger partial charge in [0.05, 0.1) is 6.42 Å². The van der Waals surface area contributed by atoms with Gasteiger partial charge in [-0.3, -0.25) is 4.79 Å². The predicted molar refractivity (Wildman–Crippen MR) is 83.8 cm³/mol. The van der Waals surface area contributed by atoms with Crippen molar-refractivity contribution in [2.75, 3.05) is 0 Å². The lowest BCUT2D eigenvalue weighted by Crippen LogP contribution is -2.02. The number of halogens is 2. The molecule has 0 fully saturated rings. The van der Waals surface area contributed by atoms with E-state index in [4.69, 9.17) is 33.0 Å². The van der Waals surface area contributed by atoms with Crippen LogP contribution in [0.3, 0.4) is 0 Å². The third-order valence-electron chi connectivity index (χ3n) is 3.00. The fraction of sp³-hybridized carbons (Fsp3) is 0.188. The van der Waals surface area contributed by atoms with E-state index in [-0.39, 0.29) is 6.42 Å². The average Bonchev–Trinajstić information content (AvgIpc) is 2.38. The number of hydrogen-bond donors (Lipinski definition) is 1. The summed E-state index contributed by atoms with van der Waals surface area (Å²) in [7, 11) is 0. The quantitative estimate of drug-likeness (QED) is 0.857. The van der Waals surface area contributed by atoms with Gasteiger partial charge in [0.25, 0.3) is 0 Å². The first kappa shape index (κ1) is 15.7. The van der Waals surface area contributed by atoms with Crippen molar-refractivity contribution < 1.29 is 14.6 Å². The van der Waals surface area contributed by atoms with Crippen LogP contribution in [0.4, 0.5) is 0 Å². The van der Waals surface area contributed by atoms with Crippen molar-refractivity contribution in [2.24, 2.45) is 0 Å². The van der Waals surface area contributed by atoms with Crippen LogP contribution < -0.4 is 4.74 Å². The van der Waals surface area contributed by atoms with E-state index in [1.807, 2.05) is 26.0 Å². The number of hydrogen-bond acceptors (Lipinski definition) is 2. The Labute approximate surface area is 133 Å². The van der Waals surface area contributed by atoms with Crippen molar-refractivity contribution in [3.05, 3.63) is 57.1 Å². The van der Waals surface area contributed by atoms with Gasteiger partial charge in [0.2, 0.25) is 0 Å². The summed E-state index contributed by atoms with van der Waals surface area (Å²) >= 11 is 12.0. The number of carboxylic acids is 1. The van der Waals surface area contributed by atoms with Gasteiger partial charge in [-0.05, 0) is 55.3 Å². The first-order valence-corrected chi connectivity index (χ1v) is 7.07. The molecule has 1 N–H and O–H groups in total. The van der Waals surface area contributed by atoms with Gasteiger partial charge >= 0.3 is 5.97 Å². The SMILES string of the molecule is Cc1cc(Oc2ccc(Cl)cc2CC(=O)O)cc(C)c1Cl. The monoisotopic (exact) mass is 324 g/mol. The highest BCUT2D eigenvalue weighted by atomic mass is 35.5. The van der Waals surface area contributed by atoms with E-state index in [0.717, 1.165) is 11.1 Å². The first-order valence-electron chi connectivity index (χ1n) is 6.31. The van der Waals surface area contributed by atoms with Crippen molar-refractivity contribution in [1.82, 2.24) is 0 Å². The highest BCUT2D eigenvalue weighted by Crippen LogP contribution is 2.32. The Morgan fingerprint density at radius 1 is 1.14 bits per heavy atom. The molecule has 2 aromatic rings. The van der Waals surface area contributed by atoms with Gasteiger partial charge in [-0.15, -0.1) is 0 Å². The number of ether oxygens (including phenoxy) is 1. The maximum Gasteiger partial charge on any atom is 0.307 e. The van der Waals surface area contributed by atoms with Crippen molar-refractivity contribution in [3.8, 4) is 11.5 Å². The second-order valence-corrected chi connectivity index (χ2v) is 5.61. The van der Waals surface area contributed by atoms with Crippen LogP contribution in [-0.4, -0.2) is 11.1 Å². The summed E-state index contributed by atoms with van der Waals surface area (Å²) in [4.78, 5) is 10.9. The molecule has 5 heteroatoms. The number of aliphatic carboxylic acids is 1. The number of rotatable bonds is 4. The fourth-order valence-corrected chi connectivity index (χ4v) is 2.34. The molecule has 0 aromatic heterocycles. The summed E-state index contributed by atoms with van der Waals surface area (Å²) in [5.74, 6) is 0.150. The van der Waals surface area contributed by atoms with Crippen LogP contribution >= 0.6 is 23.2 Å². The van der Waals surface area contributed by atoms with E-state index >= 15 is 0 Å². The van der Waals surface area contributed by atoms with E-state index < -0.39 is 5.97 Å². The minimum Gasteiger partial charge on any atom is -0.481 e. The molecule has 2 rings (SSSR count). The molecule has 21 heavy (non-hydrogen) atoms. The Bertz CT molecular complexity index is 673. The molecule has 0 saturated carbocycles. The van der Waals surface area contributed by atoms with E-state index in [0.29, 0.717) is 27.1 Å². The molecule has 3 nitrogen and oxygen atoms in total. The van der Waals surface area contributed by atoms with E-state index in [1.165, 1.54) is 0 Å². The number of carboxylic acid groups (broad SMARTS) is 1. The van der Waals surface area contributed by atoms with Gasteiger partial charge < -0.3 is 9.84 Å². The molecule has 0 saturated heterocycles. The predicted octanol–water partition coefficient (Wildman–Crippen LogP) is 5.03. The smallest absolute Gasteiger partial charge is 0.307 e. The van der Waals surface area contributed by atoms with Crippen LogP contribution in [0.2, 0.25) is 10.0 Å². The Balaban J connectivity index is 2.37. The zero-order valence-corrected chi connectivity index (χ0v) is 13.1. The summed E-state index contributed by atoms with van der Waals surface area (Å²) < 4.78 is 5.80. The van der Waals surface area contributed by atoms with Crippen LogP contribution in [0.25, 0.3) is 0 Å². The van der Waals surface area contributed by atoms with Crippen LogP contribution in [0.15, 0.2) is 30.3 Å². The van der Waals surface area contributed by atoms with Gasteiger partial charge in [-0.1, -0.05) is 23.2 Å². The van der Waals surface area contributed by atoms with Gasteiger partial charge in [-0.2, -0.15) is 0 Å².